The molecule has 0 amide bonds. The number of aliphatic hydroxyl groups excluding tert-OH is 1. The van der Waals surface area contributed by atoms with E-state index in [1.807, 2.05) is 12.1 Å². The van der Waals surface area contributed by atoms with Gasteiger partial charge in [-0.1, -0.05) is 0 Å². The molecule has 1 heterocycles. The van der Waals surface area contributed by atoms with Crippen LogP contribution in [0.25, 0.3) is 0 Å². The predicted octanol–water partition coefficient (Wildman–Crippen LogP) is 1.75. The molecule has 1 aromatic rings. The second kappa shape index (κ2) is 5.47. The minimum absolute atomic E-state index is 0.444. The van der Waals surface area contributed by atoms with Crippen LogP contribution in [0.1, 0.15) is 31.4 Å². The Morgan fingerprint density at radius 1 is 1.59 bits per heavy atom. The molecule has 0 radical (unpaired) electrons. The van der Waals surface area contributed by atoms with Crippen molar-refractivity contribution in [2.75, 3.05) is 25.2 Å². The molecule has 0 spiro atoms. The van der Waals surface area contributed by atoms with E-state index in [4.69, 9.17) is 4.74 Å². The molecule has 1 atom stereocenters. The Hall–Kier alpha value is -1.13. The zero-order chi connectivity index (χ0) is 12.3. The van der Waals surface area contributed by atoms with Gasteiger partial charge in [0, 0.05) is 25.9 Å². The van der Waals surface area contributed by atoms with Gasteiger partial charge in [-0.25, -0.2) is 4.98 Å². The van der Waals surface area contributed by atoms with Crippen LogP contribution in [0.15, 0.2) is 18.3 Å². The van der Waals surface area contributed by atoms with Gasteiger partial charge in [-0.3, -0.25) is 0 Å². The van der Waals surface area contributed by atoms with Crippen LogP contribution < -0.4 is 4.90 Å². The lowest BCUT2D eigenvalue weighted by molar-refractivity contribution is 0.199. The van der Waals surface area contributed by atoms with Gasteiger partial charge in [0.05, 0.1) is 12.7 Å². The minimum Gasteiger partial charge on any atom is -0.389 e. The van der Waals surface area contributed by atoms with E-state index in [9.17, 15) is 5.11 Å². The maximum absolute atomic E-state index is 9.59. The fourth-order valence-electron chi connectivity index (χ4n) is 1.91. The van der Waals surface area contributed by atoms with Crippen LogP contribution >= 0.6 is 0 Å². The highest BCUT2D eigenvalue weighted by Crippen LogP contribution is 2.31. The first kappa shape index (κ1) is 12.3. The highest BCUT2D eigenvalue weighted by atomic mass is 16.5. The Balaban J connectivity index is 2.14. The maximum Gasteiger partial charge on any atom is 0.129 e. The van der Waals surface area contributed by atoms with Crippen LogP contribution in [-0.2, 0) is 4.74 Å². The molecule has 4 nitrogen and oxygen atoms in total. The van der Waals surface area contributed by atoms with Crippen molar-refractivity contribution in [2.45, 2.75) is 31.9 Å². The van der Waals surface area contributed by atoms with Crippen molar-refractivity contribution in [3.8, 4) is 0 Å². The summed E-state index contributed by atoms with van der Waals surface area (Å²) < 4.78 is 5.13. The first-order chi connectivity index (χ1) is 8.22. The fourth-order valence-corrected chi connectivity index (χ4v) is 1.91. The highest BCUT2D eigenvalue weighted by molar-refractivity contribution is 5.44. The minimum atomic E-state index is -0.444. The van der Waals surface area contributed by atoms with Gasteiger partial charge in [0.15, 0.2) is 0 Å². The van der Waals surface area contributed by atoms with Gasteiger partial charge in [-0.2, -0.15) is 0 Å². The number of nitrogens with zero attached hydrogens (tertiary/aromatic N) is 2. The average Bonchev–Trinajstić information content (AvgIpc) is 3.14. The standard InChI is InChI=1S/C13H20N2O2/c1-10(16)11-5-6-14-13(9-11)15(7-8-17-2)12-3-4-12/h5-6,9-10,12,16H,3-4,7-8H2,1-2H3/t10-/m1/s1. The maximum atomic E-state index is 9.59. The summed E-state index contributed by atoms with van der Waals surface area (Å²) in [6.45, 7) is 3.34. The molecule has 0 bridgehead atoms. The van der Waals surface area contributed by atoms with Crippen molar-refractivity contribution in [1.82, 2.24) is 4.98 Å². The zero-order valence-corrected chi connectivity index (χ0v) is 10.5. The van der Waals surface area contributed by atoms with E-state index >= 15 is 0 Å². The first-order valence-electron chi connectivity index (χ1n) is 6.12. The summed E-state index contributed by atoms with van der Waals surface area (Å²) >= 11 is 0. The van der Waals surface area contributed by atoms with E-state index in [1.54, 1.807) is 20.2 Å². The number of hydrogen-bond acceptors (Lipinski definition) is 4. The van der Waals surface area contributed by atoms with Crippen LogP contribution in [0.2, 0.25) is 0 Å². The largest absolute Gasteiger partial charge is 0.389 e. The topological polar surface area (TPSA) is 45.6 Å². The van der Waals surface area contributed by atoms with Crippen molar-refractivity contribution in [3.63, 3.8) is 0 Å². The van der Waals surface area contributed by atoms with E-state index in [1.165, 1.54) is 12.8 Å². The predicted molar refractivity (Wildman–Crippen MR) is 67.1 cm³/mol. The second-order valence-electron chi connectivity index (χ2n) is 4.54. The number of ether oxygens (including phenoxy) is 1. The number of aromatic nitrogens is 1. The van der Waals surface area contributed by atoms with Gasteiger partial charge in [-0.15, -0.1) is 0 Å². The number of aliphatic hydroxyl groups is 1. The third kappa shape index (κ3) is 3.17. The quantitative estimate of drug-likeness (QED) is 0.817. The number of pyridine rings is 1. The van der Waals surface area contributed by atoms with Gasteiger partial charge in [0.1, 0.15) is 5.82 Å². The zero-order valence-electron chi connectivity index (χ0n) is 10.5. The third-order valence-corrected chi connectivity index (χ3v) is 3.07. The molecule has 1 N–H and O–H groups in total. The van der Waals surface area contributed by atoms with E-state index < -0.39 is 6.10 Å². The van der Waals surface area contributed by atoms with E-state index in [0.29, 0.717) is 12.6 Å². The number of anilines is 1. The van der Waals surface area contributed by atoms with Crippen LogP contribution in [0, 0.1) is 0 Å². The van der Waals surface area contributed by atoms with Gasteiger partial charge in [-0.05, 0) is 37.5 Å². The molecular weight excluding hydrogens is 216 g/mol. The SMILES string of the molecule is COCCN(c1cc([C@@H](C)O)ccn1)C1CC1. The van der Waals surface area contributed by atoms with Crippen LogP contribution in [0.5, 0.6) is 0 Å². The Kier molecular flexibility index (Phi) is 3.97. The van der Waals surface area contributed by atoms with Crippen LogP contribution in [0.3, 0.4) is 0 Å². The Bertz CT molecular complexity index is 364. The second-order valence-corrected chi connectivity index (χ2v) is 4.54. The molecule has 1 aromatic heterocycles. The van der Waals surface area contributed by atoms with Gasteiger partial charge < -0.3 is 14.7 Å². The smallest absolute Gasteiger partial charge is 0.129 e. The van der Waals surface area contributed by atoms with Gasteiger partial charge in [0.2, 0.25) is 0 Å². The van der Waals surface area contributed by atoms with Crippen LogP contribution in [-0.4, -0.2) is 36.4 Å². The molecule has 0 unspecified atom stereocenters. The molecule has 1 saturated carbocycles. The Labute approximate surface area is 102 Å². The van der Waals surface area contributed by atoms with Gasteiger partial charge in [0.25, 0.3) is 0 Å². The summed E-state index contributed by atoms with van der Waals surface area (Å²) in [5, 5.41) is 9.59. The number of methoxy groups -OCH3 is 1. The Morgan fingerprint density at radius 3 is 2.94 bits per heavy atom. The molecule has 1 aliphatic carbocycles. The molecular formula is C13H20N2O2. The van der Waals surface area contributed by atoms with Gasteiger partial charge >= 0.3 is 0 Å². The highest BCUT2D eigenvalue weighted by Gasteiger charge is 2.29. The van der Waals surface area contributed by atoms with Crippen molar-refractivity contribution in [3.05, 3.63) is 23.9 Å². The molecule has 4 heteroatoms. The summed E-state index contributed by atoms with van der Waals surface area (Å²) in [5.74, 6) is 0.947. The lowest BCUT2D eigenvalue weighted by Crippen LogP contribution is -2.30. The van der Waals surface area contributed by atoms with E-state index in [-0.39, 0.29) is 0 Å². The normalized spacial score (nSPS) is 16.9. The summed E-state index contributed by atoms with van der Waals surface area (Å²) in [6.07, 6.45) is 3.77. The summed E-state index contributed by atoms with van der Waals surface area (Å²) in [4.78, 5) is 6.67. The third-order valence-electron chi connectivity index (χ3n) is 3.07. The average molecular weight is 236 g/mol. The summed E-state index contributed by atoms with van der Waals surface area (Å²) in [5.41, 5.74) is 0.915. The van der Waals surface area contributed by atoms with Crippen molar-refractivity contribution in [2.24, 2.45) is 0 Å². The molecule has 0 aromatic carbocycles. The monoisotopic (exact) mass is 236 g/mol. The molecule has 0 saturated heterocycles. The molecule has 1 fully saturated rings. The molecule has 1 aliphatic rings. The first-order valence-corrected chi connectivity index (χ1v) is 6.12. The lowest BCUT2D eigenvalue weighted by atomic mass is 10.1. The molecule has 94 valence electrons. The van der Waals surface area contributed by atoms with Crippen molar-refractivity contribution < 1.29 is 9.84 Å². The van der Waals surface area contributed by atoms with E-state index in [0.717, 1.165) is 17.9 Å². The van der Waals surface area contributed by atoms with E-state index in [2.05, 4.69) is 9.88 Å². The van der Waals surface area contributed by atoms with Crippen molar-refractivity contribution in [1.29, 1.82) is 0 Å². The fraction of sp³-hybridized carbons (Fsp3) is 0.615. The molecule has 0 aliphatic heterocycles. The number of hydrogen-bond donors (Lipinski definition) is 1. The molecule has 2 rings (SSSR count). The summed E-state index contributed by atoms with van der Waals surface area (Å²) in [7, 11) is 1.71. The molecule has 17 heavy (non-hydrogen) atoms. The van der Waals surface area contributed by atoms with Crippen LogP contribution in [0.4, 0.5) is 5.82 Å². The summed E-state index contributed by atoms with van der Waals surface area (Å²) in [6, 6.07) is 4.43. The Morgan fingerprint density at radius 2 is 2.35 bits per heavy atom. The van der Waals surface area contributed by atoms with Crippen molar-refractivity contribution >= 4 is 5.82 Å². The lowest BCUT2D eigenvalue weighted by Gasteiger charge is -2.23. The number of rotatable bonds is 6.